The summed E-state index contributed by atoms with van der Waals surface area (Å²) in [5, 5.41) is 39.8. The smallest absolute Gasteiger partial charge is 0.333 e. The summed E-state index contributed by atoms with van der Waals surface area (Å²) in [5.41, 5.74) is 3.60. The molecule has 14 nitrogen and oxygen atoms in total. The lowest BCUT2D eigenvalue weighted by atomic mass is 9.78. The van der Waals surface area contributed by atoms with Crippen LogP contribution < -0.4 is 24.3 Å². The summed E-state index contributed by atoms with van der Waals surface area (Å²) < 4.78 is 30.7. The van der Waals surface area contributed by atoms with E-state index in [2.05, 4.69) is 20.1 Å². The maximum absolute atomic E-state index is 15.0. The SMILES string of the molecule is COc1c(C)cc2c(c1O)[C@@H]1[C@@H]3[C@@H]4SC[C@]5(N[C@H](CO)Cc6c5[nH]c5ccccc65)C(=O)OCC(c5c6c(c(C)c(OC(C)=O)c54)OCO6)N3[C@](O)(C2)CN1C. The first-order valence-corrected chi connectivity index (χ1v) is 20.0. The molecule has 0 amide bonds. The van der Waals surface area contributed by atoms with E-state index in [0.717, 1.165) is 27.6 Å². The minimum atomic E-state index is -1.52. The van der Waals surface area contributed by atoms with Crippen molar-refractivity contribution < 1.29 is 48.6 Å². The third-order valence-electron chi connectivity index (χ3n) is 12.8. The Kier molecular flexibility index (Phi) is 8.00. The van der Waals surface area contributed by atoms with Crippen molar-refractivity contribution in [3.63, 3.8) is 0 Å². The molecule has 0 aliphatic carbocycles. The highest BCUT2D eigenvalue weighted by molar-refractivity contribution is 7.99. The molecule has 4 aromatic rings. The van der Waals surface area contributed by atoms with Crippen LogP contribution >= 0.6 is 11.8 Å². The van der Waals surface area contributed by atoms with Crippen molar-refractivity contribution in [1.29, 1.82) is 0 Å². The first kappa shape index (κ1) is 35.9. The number of rotatable bonds is 3. The van der Waals surface area contributed by atoms with E-state index in [1.807, 2.05) is 51.2 Å². The van der Waals surface area contributed by atoms with Crippen LogP contribution in [-0.4, -0.2) is 106 Å². The normalized spacial score (nSPS) is 31.3. The zero-order chi connectivity index (χ0) is 39.0. The number of phenols is 1. The van der Waals surface area contributed by atoms with Crippen LogP contribution in [-0.2, 0) is 32.7 Å². The van der Waals surface area contributed by atoms with E-state index in [-0.39, 0.29) is 44.5 Å². The zero-order valence-corrected chi connectivity index (χ0v) is 32.5. The lowest BCUT2D eigenvalue weighted by molar-refractivity contribution is -0.215. The Morgan fingerprint density at radius 1 is 1.11 bits per heavy atom. The molecule has 56 heavy (non-hydrogen) atoms. The highest BCUT2D eigenvalue weighted by Gasteiger charge is 2.64. The molecule has 4 bridgehead atoms. The number of aliphatic hydroxyl groups is 2. The molecule has 2 saturated heterocycles. The predicted molar refractivity (Wildman–Crippen MR) is 204 cm³/mol. The average molecular weight is 785 g/mol. The first-order valence-electron chi connectivity index (χ1n) is 18.9. The molecule has 5 N–H and O–H groups in total. The van der Waals surface area contributed by atoms with Gasteiger partial charge in [0, 0.05) is 70.9 Å². The molecule has 15 heteroatoms. The number of aryl methyl sites for hydroxylation is 1. The number of piperazine rings is 1. The van der Waals surface area contributed by atoms with Crippen LogP contribution in [0.1, 0.15) is 68.9 Å². The number of aromatic amines is 1. The Morgan fingerprint density at radius 2 is 1.89 bits per heavy atom. The number of nitrogens with one attached hydrogen (secondary N) is 2. The molecular formula is C41H44N4O10S. The Labute approximate surface area is 327 Å². The molecule has 0 saturated carbocycles. The van der Waals surface area contributed by atoms with Crippen molar-refractivity contribution in [3.8, 4) is 28.7 Å². The summed E-state index contributed by atoms with van der Waals surface area (Å²) in [7, 11) is 3.47. The maximum atomic E-state index is 15.0. The highest BCUT2D eigenvalue weighted by atomic mass is 32.2. The number of hydrogen-bond donors (Lipinski definition) is 5. The van der Waals surface area contributed by atoms with Gasteiger partial charge in [0.15, 0.2) is 28.5 Å². The van der Waals surface area contributed by atoms with E-state index in [9.17, 15) is 24.9 Å². The van der Waals surface area contributed by atoms with Gasteiger partial charge in [0.05, 0.1) is 36.7 Å². The molecule has 2 unspecified atom stereocenters. The second-order valence-corrected chi connectivity index (χ2v) is 17.1. The van der Waals surface area contributed by atoms with E-state index in [0.29, 0.717) is 57.4 Å². The largest absolute Gasteiger partial charge is 0.504 e. The van der Waals surface area contributed by atoms with Gasteiger partial charge in [-0.25, -0.2) is 4.79 Å². The number of ether oxygens (including phenoxy) is 5. The van der Waals surface area contributed by atoms with Crippen LogP contribution in [0.25, 0.3) is 10.9 Å². The molecule has 294 valence electrons. The number of esters is 2. The van der Waals surface area contributed by atoms with Crippen molar-refractivity contribution in [3.05, 3.63) is 75.0 Å². The zero-order valence-electron chi connectivity index (χ0n) is 31.7. The minimum Gasteiger partial charge on any atom is -0.504 e. The number of aliphatic hydroxyl groups excluding tert-OH is 1. The standard InChI is InChI=1S/C41H44N4O10S/c1-18-10-21-12-40(50)15-44(4)30(27(21)32(48)33(18)51-5)31-37-29-28(36-35(53-17-54-36)19(2)34(29)55-20(3)47)26(45(31)40)14-52-39(49)41(16-56-37)38-24(11-22(13-46)43-41)23-8-6-7-9-25(23)42-38/h6-10,22,26,30-31,37,42-43,46,48,50H,11-17H2,1-5H3/t22-,26?,30+,31+,37+,40-,41+/m0/s1. The molecule has 1 spiro atoms. The van der Waals surface area contributed by atoms with E-state index in [4.69, 9.17) is 23.7 Å². The van der Waals surface area contributed by atoms with Gasteiger partial charge >= 0.3 is 11.9 Å². The topological polar surface area (TPSA) is 175 Å². The quantitative estimate of drug-likeness (QED) is 0.151. The van der Waals surface area contributed by atoms with Gasteiger partial charge in [-0.2, -0.15) is 0 Å². The monoisotopic (exact) mass is 784 g/mol. The van der Waals surface area contributed by atoms with Crippen LogP contribution in [0.3, 0.4) is 0 Å². The third kappa shape index (κ3) is 4.75. The van der Waals surface area contributed by atoms with Crippen molar-refractivity contribution in [2.24, 2.45) is 0 Å². The number of benzene rings is 3. The fourth-order valence-corrected chi connectivity index (χ4v) is 12.5. The number of thioether (sulfide) groups is 1. The second-order valence-electron chi connectivity index (χ2n) is 16.0. The maximum Gasteiger partial charge on any atom is 0.333 e. The summed E-state index contributed by atoms with van der Waals surface area (Å²) in [6, 6.07) is 7.51. The number of fused-ring (bicyclic) bond motifs is 8. The molecule has 8 aliphatic heterocycles. The van der Waals surface area contributed by atoms with Gasteiger partial charge in [-0.15, -0.1) is 11.8 Å². The lowest BCUT2D eigenvalue weighted by Gasteiger charge is -2.60. The van der Waals surface area contributed by atoms with E-state index >= 15 is 0 Å². The van der Waals surface area contributed by atoms with Crippen molar-refractivity contribution in [1.82, 2.24) is 20.1 Å². The first-order chi connectivity index (χ1) is 26.9. The van der Waals surface area contributed by atoms with Crippen molar-refractivity contribution in [2.45, 2.75) is 74.3 Å². The fraction of sp³-hybridized carbons (Fsp3) is 0.463. The van der Waals surface area contributed by atoms with Gasteiger partial charge < -0.3 is 44.0 Å². The second kappa shape index (κ2) is 12.5. The number of phenolic OH excluding ortho intramolecular Hbond substituents is 1. The number of H-pyrrole nitrogens is 1. The van der Waals surface area contributed by atoms with Crippen LogP contribution in [0.2, 0.25) is 0 Å². The number of nitrogens with zero attached hydrogens (tertiary/aromatic N) is 2. The summed E-state index contributed by atoms with van der Waals surface area (Å²) in [6.45, 7) is 4.80. The molecule has 9 heterocycles. The number of aromatic nitrogens is 1. The molecule has 12 rings (SSSR count). The third-order valence-corrected chi connectivity index (χ3v) is 14.3. The number of likely N-dealkylation sites (N-methyl/N-ethyl adjacent to an activating group) is 1. The van der Waals surface area contributed by atoms with Gasteiger partial charge in [-0.3, -0.25) is 19.9 Å². The molecule has 8 atom stereocenters. The number of hydrogen-bond acceptors (Lipinski definition) is 14. The molecule has 3 aromatic carbocycles. The van der Waals surface area contributed by atoms with E-state index in [1.165, 1.54) is 25.8 Å². The summed E-state index contributed by atoms with van der Waals surface area (Å²) in [6.07, 6.45) is 0.664. The van der Waals surface area contributed by atoms with Gasteiger partial charge in [0.25, 0.3) is 0 Å². The number of aromatic hydroxyl groups is 1. The van der Waals surface area contributed by atoms with Crippen molar-refractivity contribution >= 4 is 34.6 Å². The van der Waals surface area contributed by atoms with E-state index < -0.39 is 52.6 Å². The number of methoxy groups -OCH3 is 1. The van der Waals surface area contributed by atoms with Gasteiger partial charge in [0.2, 0.25) is 6.79 Å². The fourth-order valence-electron chi connectivity index (χ4n) is 10.8. The van der Waals surface area contributed by atoms with Gasteiger partial charge in [-0.1, -0.05) is 24.3 Å². The number of para-hydroxylation sites is 1. The van der Waals surface area contributed by atoms with Crippen molar-refractivity contribution in [2.75, 3.05) is 46.5 Å². The minimum absolute atomic E-state index is 0.0102. The Morgan fingerprint density at radius 3 is 2.66 bits per heavy atom. The Hall–Kier alpha value is -4.51. The molecule has 2 fully saturated rings. The Bertz CT molecular complexity index is 2370. The van der Waals surface area contributed by atoms with E-state index in [1.54, 1.807) is 0 Å². The highest BCUT2D eigenvalue weighted by Crippen LogP contribution is 2.65. The van der Waals surface area contributed by atoms with Crippen LogP contribution in [0.4, 0.5) is 0 Å². The molecular weight excluding hydrogens is 741 g/mol. The molecule has 1 aromatic heterocycles. The molecule has 0 radical (unpaired) electrons. The summed E-state index contributed by atoms with van der Waals surface area (Å²) in [5.74, 6) is 0.674. The molecule has 8 aliphatic rings. The lowest BCUT2D eigenvalue weighted by Crippen LogP contribution is -2.70. The number of carbonyl (C=O) groups excluding carboxylic acids is 2. The predicted octanol–water partition coefficient (Wildman–Crippen LogP) is 3.54. The Balaban J connectivity index is 1.26. The van der Waals surface area contributed by atoms with Crippen LogP contribution in [0, 0.1) is 13.8 Å². The van der Waals surface area contributed by atoms with Gasteiger partial charge in [-0.05, 0) is 50.1 Å². The van der Waals surface area contributed by atoms with Crippen LogP contribution in [0.5, 0.6) is 28.7 Å². The number of carbonyl (C=O) groups is 2. The summed E-state index contributed by atoms with van der Waals surface area (Å²) >= 11 is 1.48. The average Bonchev–Trinajstić information content (AvgIpc) is 3.76. The van der Waals surface area contributed by atoms with Gasteiger partial charge in [0.1, 0.15) is 18.1 Å². The van der Waals surface area contributed by atoms with Crippen LogP contribution in [0.15, 0.2) is 30.3 Å². The summed E-state index contributed by atoms with van der Waals surface area (Å²) in [4.78, 5) is 35.6.